The van der Waals surface area contributed by atoms with Gasteiger partial charge in [-0.1, -0.05) is 23.1 Å². The van der Waals surface area contributed by atoms with Crippen molar-refractivity contribution < 1.29 is 4.79 Å². The molecule has 7 nitrogen and oxygen atoms in total. The highest BCUT2D eigenvalue weighted by atomic mass is 32.2. The van der Waals surface area contributed by atoms with Gasteiger partial charge in [-0.25, -0.2) is 0 Å². The summed E-state index contributed by atoms with van der Waals surface area (Å²) in [5, 5.41) is 18.6. The first kappa shape index (κ1) is 15.8. The summed E-state index contributed by atoms with van der Waals surface area (Å²) < 4.78 is 2.52. The van der Waals surface area contributed by atoms with Crippen LogP contribution in [0.3, 0.4) is 0 Å². The highest BCUT2D eigenvalue weighted by Gasteiger charge is 2.20. The molecule has 0 bridgehead atoms. The Morgan fingerprint density at radius 3 is 2.62 bits per heavy atom. The van der Waals surface area contributed by atoms with Gasteiger partial charge in [0.2, 0.25) is 11.0 Å². The van der Waals surface area contributed by atoms with E-state index in [0.29, 0.717) is 0 Å². The van der Waals surface area contributed by atoms with Crippen molar-refractivity contribution in [2.24, 2.45) is 7.05 Å². The van der Waals surface area contributed by atoms with Gasteiger partial charge >= 0.3 is 0 Å². The molecule has 2 N–H and O–H groups in total. The van der Waals surface area contributed by atoms with E-state index in [1.54, 1.807) is 11.7 Å². The minimum absolute atomic E-state index is 0.0691. The van der Waals surface area contributed by atoms with Crippen LogP contribution in [0.4, 0.5) is 10.8 Å². The van der Waals surface area contributed by atoms with Crippen molar-refractivity contribution in [1.82, 2.24) is 20.0 Å². The second kappa shape index (κ2) is 6.44. The molecular formula is C12H18N6OS2. The van der Waals surface area contributed by atoms with E-state index in [9.17, 15) is 4.79 Å². The van der Waals surface area contributed by atoms with Gasteiger partial charge in [-0.2, -0.15) is 5.10 Å². The van der Waals surface area contributed by atoms with Gasteiger partial charge in [0.05, 0.1) is 22.3 Å². The standard InChI is InChI=1S/C12H18N6OS2/c1-6-9(7(2)18(5)17-6)14-10(19)8(3)20-12-16-15-11(13-4)21-12/h8H,1-5H3,(H,13,15)(H,14,19)/t8-/m0/s1. The van der Waals surface area contributed by atoms with Crippen LogP contribution in [0.1, 0.15) is 18.3 Å². The zero-order valence-electron chi connectivity index (χ0n) is 12.6. The van der Waals surface area contributed by atoms with Gasteiger partial charge in [0.1, 0.15) is 0 Å². The maximum atomic E-state index is 12.3. The molecule has 2 heterocycles. The van der Waals surface area contributed by atoms with Gasteiger partial charge in [0, 0.05) is 14.1 Å². The van der Waals surface area contributed by atoms with Gasteiger partial charge in [-0.15, -0.1) is 10.2 Å². The number of rotatable bonds is 5. The minimum Gasteiger partial charge on any atom is -0.363 e. The lowest BCUT2D eigenvalue weighted by molar-refractivity contribution is -0.115. The number of carbonyl (C=O) groups is 1. The highest BCUT2D eigenvalue weighted by Crippen LogP contribution is 2.29. The highest BCUT2D eigenvalue weighted by molar-refractivity contribution is 8.02. The van der Waals surface area contributed by atoms with E-state index in [0.717, 1.165) is 26.5 Å². The molecule has 2 aromatic rings. The molecule has 0 aliphatic heterocycles. The van der Waals surface area contributed by atoms with Crippen LogP contribution < -0.4 is 10.6 Å². The first-order valence-electron chi connectivity index (χ1n) is 6.41. The maximum Gasteiger partial charge on any atom is 0.237 e. The first-order valence-corrected chi connectivity index (χ1v) is 8.11. The Balaban J connectivity index is 2.02. The summed E-state index contributed by atoms with van der Waals surface area (Å²) in [5.41, 5.74) is 2.53. The predicted molar refractivity (Wildman–Crippen MR) is 86.1 cm³/mol. The Morgan fingerprint density at radius 1 is 1.38 bits per heavy atom. The van der Waals surface area contributed by atoms with Crippen molar-refractivity contribution >= 4 is 39.8 Å². The van der Waals surface area contributed by atoms with Gasteiger partial charge in [0.15, 0.2) is 4.34 Å². The second-order valence-corrected chi connectivity index (χ2v) is 7.11. The zero-order valence-corrected chi connectivity index (χ0v) is 14.2. The lowest BCUT2D eigenvalue weighted by Crippen LogP contribution is -2.23. The van der Waals surface area contributed by atoms with Crippen LogP contribution in [-0.4, -0.2) is 38.2 Å². The summed E-state index contributed by atoms with van der Waals surface area (Å²) in [5.74, 6) is -0.0691. The molecule has 0 saturated carbocycles. The third-order valence-electron chi connectivity index (χ3n) is 3.02. The van der Waals surface area contributed by atoms with Crippen LogP contribution in [0.25, 0.3) is 0 Å². The van der Waals surface area contributed by atoms with Crippen molar-refractivity contribution in [3.05, 3.63) is 11.4 Å². The predicted octanol–water partition coefficient (Wildman–Crippen LogP) is 2.05. The molecule has 2 aromatic heterocycles. The quantitative estimate of drug-likeness (QED) is 0.818. The maximum absolute atomic E-state index is 12.3. The third-order valence-corrected chi connectivity index (χ3v) is 5.15. The summed E-state index contributed by atoms with van der Waals surface area (Å²) in [6, 6.07) is 0. The molecule has 0 fully saturated rings. The van der Waals surface area contributed by atoms with Gasteiger partial charge in [-0.05, 0) is 20.8 Å². The molecule has 0 spiro atoms. The number of anilines is 2. The first-order chi connectivity index (χ1) is 9.92. The van der Waals surface area contributed by atoms with Crippen LogP contribution in [0.5, 0.6) is 0 Å². The fourth-order valence-electron chi connectivity index (χ4n) is 1.74. The second-order valence-electron chi connectivity index (χ2n) is 4.54. The van der Waals surface area contributed by atoms with Crippen LogP contribution in [0, 0.1) is 13.8 Å². The number of thioether (sulfide) groups is 1. The average molecular weight is 326 g/mol. The van der Waals surface area contributed by atoms with Crippen LogP contribution in [0.2, 0.25) is 0 Å². The molecule has 9 heteroatoms. The van der Waals surface area contributed by atoms with E-state index >= 15 is 0 Å². The third kappa shape index (κ3) is 3.53. The van der Waals surface area contributed by atoms with Crippen molar-refractivity contribution in [3.63, 3.8) is 0 Å². The molecule has 0 aromatic carbocycles. The number of nitrogens with zero attached hydrogens (tertiary/aromatic N) is 4. The van der Waals surface area contributed by atoms with E-state index in [4.69, 9.17) is 0 Å². The Bertz CT molecular complexity index is 650. The number of carbonyl (C=O) groups excluding carboxylic acids is 1. The van der Waals surface area contributed by atoms with Crippen molar-refractivity contribution in [2.45, 2.75) is 30.4 Å². The fraction of sp³-hybridized carbons (Fsp3) is 0.500. The molecule has 1 atom stereocenters. The Kier molecular flexibility index (Phi) is 4.84. The molecular weight excluding hydrogens is 308 g/mol. The molecule has 0 aliphatic carbocycles. The number of amides is 1. The fourth-order valence-corrected chi connectivity index (χ4v) is 3.59. The zero-order chi connectivity index (χ0) is 15.6. The number of hydrogen-bond donors (Lipinski definition) is 2. The lowest BCUT2D eigenvalue weighted by atomic mass is 10.3. The van der Waals surface area contributed by atoms with Crippen molar-refractivity contribution in [2.75, 3.05) is 17.7 Å². The topological polar surface area (TPSA) is 84.7 Å². The lowest BCUT2D eigenvalue weighted by Gasteiger charge is -2.10. The normalized spacial score (nSPS) is 12.2. The molecule has 21 heavy (non-hydrogen) atoms. The molecule has 114 valence electrons. The molecule has 0 unspecified atom stereocenters. The Hall–Kier alpha value is -1.61. The van der Waals surface area contributed by atoms with Crippen LogP contribution >= 0.6 is 23.1 Å². The Labute approximate surface area is 131 Å². The monoisotopic (exact) mass is 326 g/mol. The van der Waals surface area contributed by atoms with E-state index in [1.165, 1.54) is 23.1 Å². The summed E-state index contributed by atoms with van der Waals surface area (Å²) in [6.45, 7) is 5.66. The van der Waals surface area contributed by atoms with Gasteiger partial charge in [0.25, 0.3) is 0 Å². The number of aryl methyl sites for hydroxylation is 2. The summed E-state index contributed by atoms with van der Waals surface area (Å²) in [4.78, 5) is 12.3. The van der Waals surface area contributed by atoms with Crippen molar-refractivity contribution in [3.8, 4) is 0 Å². The summed E-state index contributed by atoms with van der Waals surface area (Å²) in [6.07, 6.45) is 0. The smallest absolute Gasteiger partial charge is 0.237 e. The van der Waals surface area contributed by atoms with Crippen molar-refractivity contribution in [1.29, 1.82) is 0 Å². The van der Waals surface area contributed by atoms with E-state index < -0.39 is 0 Å². The van der Waals surface area contributed by atoms with E-state index in [1.807, 2.05) is 27.8 Å². The molecule has 1 amide bonds. The SMILES string of the molecule is CNc1nnc(S[C@@H](C)C(=O)Nc2c(C)nn(C)c2C)s1. The number of hydrogen-bond acceptors (Lipinski definition) is 7. The molecule has 0 radical (unpaired) electrons. The number of nitrogens with one attached hydrogen (secondary N) is 2. The minimum atomic E-state index is -0.262. The van der Waals surface area contributed by atoms with Gasteiger partial charge < -0.3 is 10.6 Å². The van der Waals surface area contributed by atoms with E-state index in [2.05, 4.69) is 25.9 Å². The van der Waals surface area contributed by atoms with Crippen LogP contribution in [0.15, 0.2) is 4.34 Å². The largest absolute Gasteiger partial charge is 0.363 e. The number of aromatic nitrogens is 4. The summed E-state index contributed by atoms with van der Waals surface area (Å²) >= 11 is 2.82. The Morgan fingerprint density at radius 2 is 2.10 bits per heavy atom. The summed E-state index contributed by atoms with van der Waals surface area (Å²) in [7, 11) is 3.65. The average Bonchev–Trinajstić information content (AvgIpc) is 2.99. The molecule has 0 aliphatic rings. The van der Waals surface area contributed by atoms with E-state index in [-0.39, 0.29) is 11.2 Å². The molecule has 0 saturated heterocycles. The van der Waals surface area contributed by atoms with Crippen LogP contribution in [-0.2, 0) is 11.8 Å². The molecule has 2 rings (SSSR count). The van der Waals surface area contributed by atoms with Gasteiger partial charge in [-0.3, -0.25) is 9.48 Å².